The van der Waals surface area contributed by atoms with Crippen LogP contribution in [0, 0.1) is 11.8 Å². The quantitative estimate of drug-likeness (QED) is 0.751. The highest BCUT2D eigenvalue weighted by atomic mass is 16.5. The number of amides is 2. The Morgan fingerprint density at radius 1 is 1.14 bits per heavy atom. The van der Waals surface area contributed by atoms with Crippen molar-refractivity contribution in [2.24, 2.45) is 11.8 Å². The first-order valence-corrected chi connectivity index (χ1v) is 9.56. The second-order valence-electron chi connectivity index (χ2n) is 7.29. The molecule has 2 unspecified atom stereocenters. The van der Waals surface area contributed by atoms with Crippen LogP contribution >= 0.6 is 0 Å². The molecule has 0 spiro atoms. The van der Waals surface area contributed by atoms with Gasteiger partial charge in [-0.15, -0.1) is 0 Å². The number of benzene rings is 1. The maximum absolute atomic E-state index is 12.9. The first kappa shape index (κ1) is 20.3. The van der Waals surface area contributed by atoms with Crippen molar-refractivity contribution >= 4 is 17.5 Å². The Bertz CT molecular complexity index is 714. The highest BCUT2D eigenvalue weighted by Gasteiger charge is 2.39. The molecule has 2 saturated heterocycles. The summed E-state index contributed by atoms with van der Waals surface area (Å²) >= 11 is 0. The van der Waals surface area contributed by atoms with Gasteiger partial charge in [0.25, 0.3) is 0 Å². The molecule has 8 nitrogen and oxygen atoms in total. The average molecular weight is 391 g/mol. The number of nitrogens with zero attached hydrogens (tertiary/aromatic N) is 2. The number of carbonyl (C=O) groups excluding carboxylic acids is 2. The predicted molar refractivity (Wildman–Crippen MR) is 105 cm³/mol. The Balaban J connectivity index is 1.75. The van der Waals surface area contributed by atoms with E-state index in [1.165, 1.54) is 21.3 Å². The zero-order chi connectivity index (χ0) is 20.3. The van der Waals surface area contributed by atoms with Crippen molar-refractivity contribution in [3.05, 3.63) is 12.1 Å². The van der Waals surface area contributed by atoms with Crippen LogP contribution in [0.2, 0.25) is 0 Å². The van der Waals surface area contributed by atoms with E-state index in [9.17, 15) is 9.59 Å². The van der Waals surface area contributed by atoms with Crippen molar-refractivity contribution in [1.82, 2.24) is 10.2 Å². The number of anilines is 1. The van der Waals surface area contributed by atoms with Crippen molar-refractivity contribution in [3.8, 4) is 17.2 Å². The van der Waals surface area contributed by atoms with Gasteiger partial charge in [0, 0.05) is 38.2 Å². The molecule has 2 heterocycles. The van der Waals surface area contributed by atoms with Crippen LogP contribution in [0.3, 0.4) is 0 Å². The number of hydrogen-bond acceptors (Lipinski definition) is 6. The van der Waals surface area contributed by atoms with Gasteiger partial charge in [-0.25, -0.2) is 0 Å². The monoisotopic (exact) mass is 391 g/mol. The first-order chi connectivity index (χ1) is 13.5. The summed E-state index contributed by atoms with van der Waals surface area (Å²) in [5.74, 6) is 1.60. The molecule has 28 heavy (non-hydrogen) atoms. The Morgan fingerprint density at radius 3 is 2.39 bits per heavy atom. The number of carbonyl (C=O) groups is 2. The molecule has 2 aliphatic heterocycles. The van der Waals surface area contributed by atoms with E-state index in [0.29, 0.717) is 35.4 Å². The van der Waals surface area contributed by atoms with Crippen molar-refractivity contribution < 1.29 is 23.8 Å². The molecule has 2 atom stereocenters. The SMILES string of the molecule is CNCC1CCN(C(=O)C2CC(=O)N(c3cc(OC)c(OC)c(OC)c3)C2)C1. The minimum atomic E-state index is -0.320. The predicted octanol–water partition coefficient (Wildman–Crippen LogP) is 1.13. The van der Waals surface area contributed by atoms with Gasteiger partial charge in [0.05, 0.1) is 32.9 Å². The van der Waals surface area contributed by atoms with E-state index in [-0.39, 0.29) is 24.2 Å². The molecule has 0 bridgehead atoms. The van der Waals surface area contributed by atoms with Crippen LogP contribution in [-0.4, -0.2) is 71.3 Å². The second kappa shape index (κ2) is 8.68. The number of rotatable bonds is 7. The van der Waals surface area contributed by atoms with Gasteiger partial charge in [-0.05, 0) is 25.9 Å². The van der Waals surface area contributed by atoms with E-state index in [1.807, 2.05) is 11.9 Å². The smallest absolute Gasteiger partial charge is 0.228 e. The van der Waals surface area contributed by atoms with Gasteiger partial charge < -0.3 is 29.3 Å². The summed E-state index contributed by atoms with van der Waals surface area (Å²) in [7, 11) is 6.53. The van der Waals surface area contributed by atoms with Crippen LogP contribution in [0.4, 0.5) is 5.69 Å². The molecule has 154 valence electrons. The first-order valence-electron chi connectivity index (χ1n) is 9.56. The number of likely N-dealkylation sites (tertiary alicyclic amines) is 1. The summed E-state index contributed by atoms with van der Waals surface area (Å²) in [4.78, 5) is 29.1. The average Bonchev–Trinajstić information content (AvgIpc) is 3.33. The summed E-state index contributed by atoms with van der Waals surface area (Å²) in [5.41, 5.74) is 0.643. The fourth-order valence-electron chi connectivity index (χ4n) is 4.09. The molecule has 0 saturated carbocycles. The Labute approximate surface area is 165 Å². The molecule has 0 radical (unpaired) electrons. The molecule has 2 aliphatic rings. The van der Waals surface area contributed by atoms with Crippen LogP contribution in [0.5, 0.6) is 17.2 Å². The molecule has 3 rings (SSSR count). The number of hydrogen-bond donors (Lipinski definition) is 1. The Kier molecular flexibility index (Phi) is 6.28. The standard InChI is InChI=1S/C20H29N3O5/c1-21-10-13-5-6-22(11-13)20(25)14-7-18(24)23(12-14)15-8-16(26-2)19(28-4)17(9-15)27-3/h8-9,13-14,21H,5-7,10-12H2,1-4H3. The lowest BCUT2D eigenvalue weighted by molar-refractivity contribution is -0.134. The number of methoxy groups -OCH3 is 3. The zero-order valence-corrected chi connectivity index (χ0v) is 17.0. The van der Waals surface area contributed by atoms with E-state index in [4.69, 9.17) is 14.2 Å². The van der Waals surface area contributed by atoms with Gasteiger partial charge in [-0.3, -0.25) is 9.59 Å². The van der Waals surface area contributed by atoms with E-state index < -0.39 is 0 Å². The number of ether oxygens (including phenoxy) is 3. The summed E-state index contributed by atoms with van der Waals surface area (Å²) < 4.78 is 16.1. The molecule has 0 aromatic heterocycles. The van der Waals surface area contributed by atoms with E-state index in [0.717, 1.165) is 26.1 Å². The van der Waals surface area contributed by atoms with Gasteiger partial charge in [0.15, 0.2) is 11.5 Å². The number of nitrogens with one attached hydrogen (secondary N) is 1. The fourth-order valence-corrected chi connectivity index (χ4v) is 4.09. The van der Waals surface area contributed by atoms with Gasteiger partial charge in [0.1, 0.15) is 0 Å². The Hall–Kier alpha value is -2.48. The Morgan fingerprint density at radius 2 is 1.82 bits per heavy atom. The van der Waals surface area contributed by atoms with E-state index >= 15 is 0 Å². The molecule has 1 aromatic carbocycles. The topological polar surface area (TPSA) is 80.3 Å². The second-order valence-corrected chi connectivity index (χ2v) is 7.29. The van der Waals surface area contributed by atoms with Crippen LogP contribution in [0.15, 0.2) is 12.1 Å². The normalized spacial score (nSPS) is 21.9. The third-order valence-electron chi connectivity index (χ3n) is 5.53. The van der Waals surface area contributed by atoms with E-state index in [2.05, 4.69) is 5.32 Å². The van der Waals surface area contributed by atoms with Crippen molar-refractivity contribution in [3.63, 3.8) is 0 Å². The summed E-state index contributed by atoms with van der Waals surface area (Å²) in [5, 5.41) is 3.17. The summed E-state index contributed by atoms with van der Waals surface area (Å²) in [6.45, 7) is 2.79. The minimum absolute atomic E-state index is 0.0707. The molecule has 0 aliphatic carbocycles. The molecule has 2 amide bonds. The molecule has 1 aromatic rings. The van der Waals surface area contributed by atoms with Gasteiger partial charge >= 0.3 is 0 Å². The lowest BCUT2D eigenvalue weighted by Crippen LogP contribution is -2.36. The highest BCUT2D eigenvalue weighted by molar-refractivity contribution is 6.00. The third kappa shape index (κ3) is 3.87. The highest BCUT2D eigenvalue weighted by Crippen LogP contribution is 2.42. The van der Waals surface area contributed by atoms with Gasteiger partial charge in [-0.2, -0.15) is 0 Å². The molecular formula is C20H29N3O5. The fraction of sp³-hybridized carbons (Fsp3) is 0.600. The van der Waals surface area contributed by atoms with Crippen molar-refractivity contribution in [1.29, 1.82) is 0 Å². The minimum Gasteiger partial charge on any atom is -0.493 e. The lowest BCUT2D eigenvalue weighted by atomic mass is 10.1. The third-order valence-corrected chi connectivity index (χ3v) is 5.53. The molecule has 2 fully saturated rings. The lowest BCUT2D eigenvalue weighted by Gasteiger charge is -2.22. The van der Waals surface area contributed by atoms with E-state index in [1.54, 1.807) is 17.0 Å². The van der Waals surface area contributed by atoms with Crippen LogP contribution in [-0.2, 0) is 9.59 Å². The molecular weight excluding hydrogens is 362 g/mol. The van der Waals surface area contributed by atoms with Crippen molar-refractivity contribution in [2.45, 2.75) is 12.8 Å². The maximum Gasteiger partial charge on any atom is 0.228 e. The van der Waals surface area contributed by atoms with Crippen LogP contribution < -0.4 is 24.4 Å². The largest absolute Gasteiger partial charge is 0.493 e. The van der Waals surface area contributed by atoms with Crippen LogP contribution in [0.25, 0.3) is 0 Å². The maximum atomic E-state index is 12.9. The van der Waals surface area contributed by atoms with Crippen LogP contribution in [0.1, 0.15) is 12.8 Å². The summed E-state index contributed by atoms with van der Waals surface area (Å²) in [6.07, 6.45) is 1.23. The molecule has 1 N–H and O–H groups in total. The van der Waals surface area contributed by atoms with Crippen molar-refractivity contribution in [2.75, 3.05) is 59.5 Å². The van der Waals surface area contributed by atoms with Gasteiger partial charge in [-0.1, -0.05) is 0 Å². The molecule has 8 heteroatoms. The summed E-state index contributed by atoms with van der Waals surface area (Å²) in [6, 6.07) is 3.48. The van der Waals surface area contributed by atoms with Gasteiger partial charge in [0.2, 0.25) is 17.6 Å². The zero-order valence-electron chi connectivity index (χ0n) is 17.0.